The lowest BCUT2D eigenvalue weighted by atomic mass is 10.2. The fourth-order valence-electron chi connectivity index (χ4n) is 2.94. The number of aryl methyl sites for hydroxylation is 1. The van der Waals surface area contributed by atoms with E-state index in [1.165, 1.54) is 12.3 Å². The Hall–Kier alpha value is -4.73. The summed E-state index contributed by atoms with van der Waals surface area (Å²) in [7, 11) is 0. The maximum Gasteiger partial charge on any atom is 0.277 e. The molecule has 0 saturated carbocycles. The number of benzene rings is 1. The van der Waals surface area contributed by atoms with Crippen LogP contribution < -0.4 is 10.1 Å². The van der Waals surface area contributed by atoms with Crippen molar-refractivity contribution in [3.8, 4) is 29.0 Å². The van der Waals surface area contributed by atoms with Crippen molar-refractivity contribution in [3.63, 3.8) is 0 Å². The molecule has 1 amide bonds. The van der Waals surface area contributed by atoms with E-state index in [1.54, 1.807) is 72.7 Å². The zero-order valence-corrected chi connectivity index (χ0v) is 16.8. The minimum atomic E-state index is -0.406. The molecule has 32 heavy (non-hydrogen) atoms. The van der Waals surface area contributed by atoms with Gasteiger partial charge in [0.15, 0.2) is 11.5 Å². The molecule has 158 valence electrons. The second-order valence-corrected chi connectivity index (χ2v) is 6.72. The molecule has 5 aromatic rings. The lowest BCUT2D eigenvalue weighted by Gasteiger charge is -2.09. The number of carbonyl (C=O) groups excluding carboxylic acids is 1. The molecule has 10 heteroatoms. The number of imidazole rings is 1. The van der Waals surface area contributed by atoms with Crippen LogP contribution in [0.2, 0.25) is 0 Å². The molecule has 0 aliphatic heterocycles. The summed E-state index contributed by atoms with van der Waals surface area (Å²) in [6.07, 6.45) is 6.62. The van der Waals surface area contributed by atoms with Gasteiger partial charge in [-0.05, 0) is 43.3 Å². The molecule has 0 aliphatic carbocycles. The van der Waals surface area contributed by atoms with Crippen molar-refractivity contribution < 1.29 is 18.5 Å². The molecule has 4 heterocycles. The fourth-order valence-corrected chi connectivity index (χ4v) is 2.94. The number of anilines is 1. The maximum absolute atomic E-state index is 12.4. The molecule has 0 bridgehead atoms. The first-order valence-electron chi connectivity index (χ1n) is 9.58. The molecule has 0 atom stereocenters. The topological polar surface area (TPSA) is 121 Å². The van der Waals surface area contributed by atoms with Gasteiger partial charge in [-0.25, -0.2) is 9.97 Å². The van der Waals surface area contributed by atoms with Crippen molar-refractivity contribution in [1.29, 1.82) is 0 Å². The van der Waals surface area contributed by atoms with E-state index in [9.17, 15) is 4.79 Å². The van der Waals surface area contributed by atoms with E-state index in [2.05, 4.69) is 25.4 Å². The number of carbonyl (C=O) groups is 1. The number of nitrogens with zero attached hydrogens (tertiary/aromatic N) is 5. The smallest absolute Gasteiger partial charge is 0.277 e. The van der Waals surface area contributed by atoms with Gasteiger partial charge in [-0.1, -0.05) is 5.16 Å². The summed E-state index contributed by atoms with van der Waals surface area (Å²) in [5, 5.41) is 6.55. The van der Waals surface area contributed by atoms with Gasteiger partial charge < -0.3 is 19.0 Å². The zero-order valence-electron chi connectivity index (χ0n) is 16.8. The largest absolute Gasteiger partial charge is 0.461 e. The molecule has 0 saturated heterocycles. The molecule has 10 nitrogen and oxygen atoms in total. The highest BCUT2D eigenvalue weighted by Gasteiger charge is 2.15. The summed E-state index contributed by atoms with van der Waals surface area (Å²) >= 11 is 0. The molecule has 5 rings (SSSR count). The van der Waals surface area contributed by atoms with Crippen LogP contribution in [0.3, 0.4) is 0 Å². The van der Waals surface area contributed by atoms with Gasteiger partial charge in [-0.15, -0.1) is 0 Å². The van der Waals surface area contributed by atoms with E-state index in [0.29, 0.717) is 40.5 Å². The van der Waals surface area contributed by atoms with E-state index in [4.69, 9.17) is 13.7 Å². The van der Waals surface area contributed by atoms with E-state index in [-0.39, 0.29) is 5.69 Å². The van der Waals surface area contributed by atoms with Crippen LogP contribution in [0.15, 0.2) is 82.5 Å². The average Bonchev–Trinajstić information content (AvgIpc) is 3.57. The number of hydrogen-bond donors (Lipinski definition) is 1. The van der Waals surface area contributed by atoms with Crippen LogP contribution in [0.25, 0.3) is 17.3 Å². The van der Waals surface area contributed by atoms with Gasteiger partial charge in [0.1, 0.15) is 23.7 Å². The highest BCUT2D eigenvalue weighted by Crippen LogP contribution is 2.24. The van der Waals surface area contributed by atoms with Gasteiger partial charge >= 0.3 is 0 Å². The highest BCUT2D eigenvalue weighted by atomic mass is 16.5. The lowest BCUT2D eigenvalue weighted by Crippen LogP contribution is -2.12. The van der Waals surface area contributed by atoms with Crippen molar-refractivity contribution in [3.05, 3.63) is 85.0 Å². The van der Waals surface area contributed by atoms with Crippen LogP contribution in [-0.2, 0) is 0 Å². The van der Waals surface area contributed by atoms with Gasteiger partial charge in [0.05, 0.1) is 6.26 Å². The first-order chi connectivity index (χ1) is 15.6. The van der Waals surface area contributed by atoms with Gasteiger partial charge in [0.25, 0.3) is 5.91 Å². The Morgan fingerprint density at radius 3 is 2.72 bits per heavy atom. The summed E-state index contributed by atoms with van der Waals surface area (Å²) in [6, 6.07) is 13.5. The first-order valence-corrected chi connectivity index (χ1v) is 9.58. The minimum absolute atomic E-state index is 0.139. The second kappa shape index (κ2) is 8.19. The van der Waals surface area contributed by atoms with Crippen molar-refractivity contribution in [2.24, 2.45) is 0 Å². The third-order valence-electron chi connectivity index (χ3n) is 4.41. The Kier molecular flexibility index (Phi) is 4.92. The van der Waals surface area contributed by atoms with Gasteiger partial charge in [-0.2, -0.15) is 4.98 Å². The van der Waals surface area contributed by atoms with E-state index < -0.39 is 5.91 Å². The monoisotopic (exact) mass is 428 g/mol. The third kappa shape index (κ3) is 4.10. The quantitative estimate of drug-likeness (QED) is 0.426. The van der Waals surface area contributed by atoms with Gasteiger partial charge in [-0.3, -0.25) is 9.36 Å². The Balaban J connectivity index is 1.26. The van der Waals surface area contributed by atoms with E-state index in [0.717, 1.165) is 0 Å². The van der Waals surface area contributed by atoms with Crippen LogP contribution in [-0.4, -0.2) is 30.6 Å². The zero-order chi connectivity index (χ0) is 21.9. The number of aromatic nitrogens is 5. The minimum Gasteiger partial charge on any atom is -0.461 e. The predicted octanol–water partition coefficient (Wildman–Crippen LogP) is 4.26. The van der Waals surface area contributed by atoms with E-state index in [1.807, 2.05) is 0 Å². The van der Waals surface area contributed by atoms with Crippen molar-refractivity contribution in [2.75, 3.05) is 5.32 Å². The molecule has 1 N–H and O–H groups in total. The van der Waals surface area contributed by atoms with Crippen LogP contribution in [0.1, 0.15) is 16.3 Å². The number of rotatable bonds is 6. The van der Waals surface area contributed by atoms with Gasteiger partial charge in [0, 0.05) is 30.2 Å². The normalized spacial score (nSPS) is 10.8. The second-order valence-electron chi connectivity index (χ2n) is 6.72. The highest BCUT2D eigenvalue weighted by molar-refractivity contribution is 6.03. The molecular formula is C22H16N6O4. The average molecular weight is 428 g/mol. The Morgan fingerprint density at radius 2 is 1.97 bits per heavy atom. The Labute approximate surface area is 181 Å². The number of ether oxygens (including phenoxy) is 1. The molecule has 0 aliphatic rings. The molecular weight excluding hydrogens is 412 g/mol. The van der Waals surface area contributed by atoms with E-state index >= 15 is 0 Å². The van der Waals surface area contributed by atoms with Crippen LogP contribution in [0, 0.1) is 6.92 Å². The Bertz CT molecular complexity index is 1340. The molecule has 4 aromatic heterocycles. The SMILES string of the molecule is Cc1nc(Oc2ccc(NC(=O)c3cc(-c4ccco4)on3)cc2)cc(-n2ccnc2)n1. The summed E-state index contributed by atoms with van der Waals surface area (Å²) in [4.78, 5) is 25.2. The number of furan rings is 1. The third-order valence-corrected chi connectivity index (χ3v) is 4.41. The summed E-state index contributed by atoms with van der Waals surface area (Å²) in [5.41, 5.74) is 0.711. The standard InChI is InChI=1S/C22H16N6O4/c1-14-24-20(28-9-8-23-13-28)12-21(25-14)31-16-6-4-15(5-7-16)26-22(29)17-11-19(32-27-17)18-3-2-10-30-18/h2-13H,1H3,(H,26,29). The lowest BCUT2D eigenvalue weighted by molar-refractivity contribution is 0.101. The number of nitrogens with one attached hydrogen (secondary N) is 1. The Morgan fingerprint density at radius 1 is 1.09 bits per heavy atom. The molecule has 0 spiro atoms. The predicted molar refractivity (Wildman–Crippen MR) is 113 cm³/mol. The first kappa shape index (κ1) is 19.2. The van der Waals surface area contributed by atoms with Crippen LogP contribution in [0.4, 0.5) is 5.69 Å². The molecule has 0 radical (unpaired) electrons. The summed E-state index contributed by atoms with van der Waals surface area (Å²) in [5.74, 6) is 2.63. The van der Waals surface area contributed by atoms with Gasteiger partial charge in [0.2, 0.25) is 11.6 Å². The number of amides is 1. The molecule has 0 fully saturated rings. The van der Waals surface area contributed by atoms with Crippen LogP contribution >= 0.6 is 0 Å². The van der Waals surface area contributed by atoms with Crippen molar-refractivity contribution >= 4 is 11.6 Å². The fraction of sp³-hybridized carbons (Fsp3) is 0.0455. The molecule has 1 aromatic carbocycles. The summed E-state index contributed by atoms with van der Waals surface area (Å²) < 4.78 is 18.0. The molecule has 0 unspecified atom stereocenters. The van der Waals surface area contributed by atoms with Crippen molar-refractivity contribution in [2.45, 2.75) is 6.92 Å². The van der Waals surface area contributed by atoms with Crippen LogP contribution in [0.5, 0.6) is 11.6 Å². The summed E-state index contributed by atoms with van der Waals surface area (Å²) in [6.45, 7) is 1.78. The maximum atomic E-state index is 12.4. The van der Waals surface area contributed by atoms with Crippen molar-refractivity contribution in [1.82, 2.24) is 24.7 Å². The number of hydrogen-bond acceptors (Lipinski definition) is 8.